The molecule has 1 heterocycles. The fourth-order valence-corrected chi connectivity index (χ4v) is 5.53. The molecule has 5 atom stereocenters. The van der Waals surface area contributed by atoms with E-state index >= 15 is 0 Å². The van der Waals surface area contributed by atoms with Crippen LogP contribution in [0, 0.1) is 17.3 Å². The highest BCUT2D eigenvalue weighted by Gasteiger charge is 2.66. The van der Waals surface area contributed by atoms with Crippen molar-refractivity contribution in [3.05, 3.63) is 0 Å². The summed E-state index contributed by atoms with van der Waals surface area (Å²) in [5, 5.41) is 7.49. The fraction of sp³-hybridized carbons (Fsp3) is 0.944. The molecule has 4 nitrogen and oxygen atoms in total. The average Bonchev–Trinajstić information content (AvgIpc) is 2.87. The molecule has 2 N–H and O–H groups in total. The van der Waals surface area contributed by atoms with Crippen molar-refractivity contribution in [2.45, 2.75) is 76.5 Å². The number of hydrogen-bond acceptors (Lipinski definition) is 2. The molecule has 0 radical (unpaired) electrons. The summed E-state index contributed by atoms with van der Waals surface area (Å²) >= 11 is 0. The van der Waals surface area contributed by atoms with Gasteiger partial charge < -0.3 is 15.4 Å². The first-order valence-electron chi connectivity index (χ1n) is 9.34. The first kappa shape index (κ1) is 17.8. The Labute approximate surface area is 157 Å². The van der Waals surface area contributed by atoms with E-state index in [0.717, 1.165) is 18.5 Å². The first-order chi connectivity index (χ1) is 10.7. The van der Waals surface area contributed by atoms with Crippen molar-refractivity contribution in [1.82, 2.24) is 10.6 Å². The summed E-state index contributed by atoms with van der Waals surface area (Å²) in [5.74, 6) is 2.59. The number of nitrogens with one attached hydrogen (secondary N) is 2. The van der Waals surface area contributed by atoms with E-state index < -0.39 is 0 Å². The van der Waals surface area contributed by atoms with E-state index in [1.807, 2.05) is 7.05 Å². The predicted molar refractivity (Wildman–Crippen MR) is 104 cm³/mol. The van der Waals surface area contributed by atoms with Crippen molar-refractivity contribution in [3.8, 4) is 0 Å². The Morgan fingerprint density at radius 2 is 1.96 bits per heavy atom. The van der Waals surface area contributed by atoms with Gasteiger partial charge in [-0.2, -0.15) is 0 Å². The minimum absolute atomic E-state index is 0. The fourth-order valence-electron chi connectivity index (χ4n) is 5.53. The summed E-state index contributed by atoms with van der Waals surface area (Å²) in [6, 6.07) is 1.18. The van der Waals surface area contributed by atoms with E-state index in [-0.39, 0.29) is 24.0 Å². The normalized spacial score (nSPS) is 41.3. The molecule has 4 aliphatic rings. The number of fused-ring (bicyclic) bond motifs is 2. The highest BCUT2D eigenvalue weighted by atomic mass is 127. The second-order valence-electron chi connectivity index (χ2n) is 8.14. The quantitative estimate of drug-likeness (QED) is 0.399. The van der Waals surface area contributed by atoms with E-state index in [9.17, 15) is 0 Å². The van der Waals surface area contributed by atoms with Crippen LogP contribution in [0.2, 0.25) is 0 Å². The second-order valence-corrected chi connectivity index (χ2v) is 8.14. The minimum Gasteiger partial charge on any atom is -0.377 e. The van der Waals surface area contributed by atoms with E-state index in [0.29, 0.717) is 29.5 Å². The van der Waals surface area contributed by atoms with Gasteiger partial charge in [-0.25, -0.2) is 0 Å². The summed E-state index contributed by atoms with van der Waals surface area (Å²) < 4.78 is 6.02. The molecule has 4 fully saturated rings. The topological polar surface area (TPSA) is 45.7 Å². The second kappa shape index (κ2) is 7.06. The van der Waals surface area contributed by atoms with E-state index in [2.05, 4.69) is 22.5 Å². The van der Waals surface area contributed by atoms with Gasteiger partial charge in [-0.3, -0.25) is 4.99 Å². The molecule has 5 unspecified atom stereocenters. The lowest BCUT2D eigenvalue weighted by molar-refractivity contribution is -0.171. The van der Waals surface area contributed by atoms with E-state index in [4.69, 9.17) is 4.74 Å². The van der Waals surface area contributed by atoms with Crippen LogP contribution in [0.4, 0.5) is 0 Å². The molecule has 23 heavy (non-hydrogen) atoms. The van der Waals surface area contributed by atoms with Gasteiger partial charge in [-0.1, -0.05) is 26.2 Å². The third-order valence-corrected chi connectivity index (χ3v) is 6.83. The maximum Gasteiger partial charge on any atom is 0.191 e. The Morgan fingerprint density at radius 3 is 2.61 bits per heavy atom. The van der Waals surface area contributed by atoms with Crippen LogP contribution in [0.15, 0.2) is 4.99 Å². The molecule has 0 aromatic carbocycles. The number of nitrogens with zero attached hydrogens (tertiary/aromatic N) is 1. The van der Waals surface area contributed by atoms with Crippen LogP contribution in [0.1, 0.15) is 58.3 Å². The SMILES string of the molecule is CN=C(NC1CCCC(C)C1)NC1C2CCOC2C12CCC2.I. The first-order valence-corrected chi connectivity index (χ1v) is 9.34. The lowest BCUT2D eigenvalue weighted by Gasteiger charge is -2.63. The van der Waals surface area contributed by atoms with E-state index in [1.165, 1.54) is 51.4 Å². The number of guanidine groups is 1. The summed E-state index contributed by atoms with van der Waals surface area (Å²) in [6.45, 7) is 3.33. The van der Waals surface area contributed by atoms with Crippen molar-refractivity contribution in [2.24, 2.45) is 22.2 Å². The van der Waals surface area contributed by atoms with Gasteiger partial charge in [0.05, 0.1) is 6.10 Å². The van der Waals surface area contributed by atoms with Crippen molar-refractivity contribution in [2.75, 3.05) is 13.7 Å². The van der Waals surface area contributed by atoms with Crippen molar-refractivity contribution in [3.63, 3.8) is 0 Å². The van der Waals surface area contributed by atoms with Gasteiger partial charge in [0.2, 0.25) is 0 Å². The van der Waals surface area contributed by atoms with Crippen LogP contribution in [0.5, 0.6) is 0 Å². The summed E-state index contributed by atoms with van der Waals surface area (Å²) in [7, 11) is 1.91. The van der Waals surface area contributed by atoms with Crippen LogP contribution in [-0.2, 0) is 4.74 Å². The maximum atomic E-state index is 6.02. The molecule has 5 heteroatoms. The van der Waals surface area contributed by atoms with Crippen LogP contribution in [0.3, 0.4) is 0 Å². The van der Waals surface area contributed by atoms with Crippen LogP contribution in [-0.4, -0.2) is 37.8 Å². The number of aliphatic imine (C=N–C) groups is 1. The third kappa shape index (κ3) is 3.00. The largest absolute Gasteiger partial charge is 0.377 e. The maximum absolute atomic E-state index is 6.02. The Balaban J connectivity index is 0.00000156. The Kier molecular flexibility index (Phi) is 5.46. The van der Waals surface area contributed by atoms with Crippen LogP contribution in [0.25, 0.3) is 0 Å². The molecule has 0 aromatic heterocycles. The zero-order chi connectivity index (χ0) is 15.2. The molecule has 0 aromatic rings. The van der Waals surface area contributed by atoms with Gasteiger partial charge >= 0.3 is 0 Å². The number of halogens is 1. The summed E-state index contributed by atoms with van der Waals surface area (Å²) in [4.78, 5) is 4.52. The molecule has 1 aliphatic heterocycles. The van der Waals surface area contributed by atoms with Crippen molar-refractivity contribution >= 4 is 29.9 Å². The molecule has 132 valence electrons. The molecule has 3 aliphatic carbocycles. The Hall–Kier alpha value is -0.0400. The van der Waals surface area contributed by atoms with Crippen LogP contribution < -0.4 is 10.6 Å². The molecule has 4 rings (SSSR count). The minimum atomic E-state index is 0. The predicted octanol–water partition coefficient (Wildman–Crippen LogP) is 3.31. The van der Waals surface area contributed by atoms with Gasteiger partial charge in [0.1, 0.15) is 0 Å². The molecule has 1 spiro atoms. The molecule has 0 amide bonds. The summed E-state index contributed by atoms with van der Waals surface area (Å²) in [5.41, 5.74) is 0.429. The van der Waals surface area contributed by atoms with Gasteiger partial charge in [0.25, 0.3) is 0 Å². The van der Waals surface area contributed by atoms with Gasteiger partial charge in [-0.05, 0) is 38.0 Å². The van der Waals surface area contributed by atoms with Crippen molar-refractivity contribution in [1.29, 1.82) is 0 Å². The van der Waals surface area contributed by atoms with Crippen molar-refractivity contribution < 1.29 is 4.74 Å². The highest BCUT2D eigenvalue weighted by molar-refractivity contribution is 14.0. The van der Waals surface area contributed by atoms with Gasteiger partial charge in [0.15, 0.2) is 5.96 Å². The molecular weight excluding hydrogens is 401 g/mol. The average molecular weight is 433 g/mol. The molecule has 1 saturated heterocycles. The zero-order valence-corrected chi connectivity index (χ0v) is 16.8. The van der Waals surface area contributed by atoms with Gasteiger partial charge in [-0.15, -0.1) is 24.0 Å². The zero-order valence-electron chi connectivity index (χ0n) is 14.5. The summed E-state index contributed by atoms with van der Waals surface area (Å²) in [6.07, 6.45) is 11.1. The van der Waals surface area contributed by atoms with Gasteiger partial charge in [0, 0.05) is 37.1 Å². The lowest BCUT2D eigenvalue weighted by Crippen LogP contribution is -2.72. The Bertz CT molecular complexity index is 452. The van der Waals surface area contributed by atoms with E-state index in [1.54, 1.807) is 0 Å². The number of hydrogen-bond donors (Lipinski definition) is 2. The monoisotopic (exact) mass is 433 g/mol. The number of rotatable bonds is 2. The molecule has 0 bridgehead atoms. The lowest BCUT2D eigenvalue weighted by atomic mass is 9.46. The number of ether oxygens (including phenoxy) is 1. The van der Waals surface area contributed by atoms with Crippen LogP contribution >= 0.6 is 24.0 Å². The standard InChI is InChI=1S/C18H31N3O.HI/c1-12-5-3-6-13(11-12)20-17(19-2)21-15-14-7-10-22-16(14)18(15)8-4-9-18;/h12-16H,3-11H2,1-2H3,(H2,19,20,21);1H. The smallest absolute Gasteiger partial charge is 0.191 e. The third-order valence-electron chi connectivity index (χ3n) is 6.83. The molecular formula is C18H32IN3O. The highest BCUT2D eigenvalue weighted by Crippen LogP contribution is 2.62. The Morgan fingerprint density at radius 1 is 1.13 bits per heavy atom. The molecule has 3 saturated carbocycles.